The first-order valence-corrected chi connectivity index (χ1v) is 5.19. The predicted molar refractivity (Wildman–Crippen MR) is 62.2 cm³/mol. The highest BCUT2D eigenvalue weighted by molar-refractivity contribution is 5.93. The molecule has 0 saturated heterocycles. The van der Waals surface area contributed by atoms with Crippen molar-refractivity contribution in [1.29, 1.82) is 0 Å². The van der Waals surface area contributed by atoms with Crippen molar-refractivity contribution in [2.45, 2.75) is 26.4 Å². The van der Waals surface area contributed by atoms with Crippen LogP contribution in [0.1, 0.15) is 29.8 Å². The lowest BCUT2D eigenvalue weighted by Gasteiger charge is -2.25. The summed E-state index contributed by atoms with van der Waals surface area (Å²) in [5.74, 6) is -0.127. The third-order valence-corrected chi connectivity index (χ3v) is 2.09. The topological polar surface area (TPSA) is 53.4 Å². The van der Waals surface area contributed by atoms with Gasteiger partial charge in [-0.05, 0) is 32.4 Å². The molecule has 1 N–H and O–H groups in total. The molecular formula is C12H18N2O2. The lowest BCUT2D eigenvalue weighted by Crippen LogP contribution is -2.39. The van der Waals surface area contributed by atoms with Gasteiger partial charge in [-0.15, -0.1) is 0 Å². The zero-order valence-corrected chi connectivity index (χ0v) is 10.2. The van der Waals surface area contributed by atoms with Crippen molar-refractivity contribution in [1.82, 2.24) is 9.88 Å². The molecule has 4 heteroatoms. The SMILES string of the molecule is Cc1cncc(C(=O)N(C)CC(C)(C)O)c1. The van der Waals surface area contributed by atoms with Crippen molar-refractivity contribution in [3.63, 3.8) is 0 Å². The van der Waals surface area contributed by atoms with Gasteiger partial charge in [-0.2, -0.15) is 0 Å². The first-order valence-electron chi connectivity index (χ1n) is 5.19. The van der Waals surface area contributed by atoms with Gasteiger partial charge in [-0.1, -0.05) is 0 Å². The summed E-state index contributed by atoms with van der Waals surface area (Å²) < 4.78 is 0. The number of hydrogen-bond donors (Lipinski definition) is 1. The number of likely N-dealkylation sites (N-methyl/N-ethyl adjacent to an activating group) is 1. The second-order valence-corrected chi connectivity index (χ2v) is 4.72. The molecule has 16 heavy (non-hydrogen) atoms. The molecule has 0 bridgehead atoms. The van der Waals surface area contributed by atoms with Crippen LogP contribution < -0.4 is 0 Å². The largest absolute Gasteiger partial charge is 0.389 e. The Labute approximate surface area is 95.9 Å². The number of nitrogens with zero attached hydrogens (tertiary/aromatic N) is 2. The molecule has 1 heterocycles. The van der Waals surface area contributed by atoms with Crippen LogP contribution in [0.25, 0.3) is 0 Å². The fourth-order valence-electron chi connectivity index (χ4n) is 1.54. The Morgan fingerprint density at radius 2 is 2.12 bits per heavy atom. The molecule has 1 aromatic rings. The number of aliphatic hydroxyl groups is 1. The van der Waals surface area contributed by atoms with E-state index < -0.39 is 5.60 Å². The van der Waals surface area contributed by atoms with E-state index in [9.17, 15) is 9.90 Å². The molecular weight excluding hydrogens is 204 g/mol. The summed E-state index contributed by atoms with van der Waals surface area (Å²) in [6.07, 6.45) is 3.24. The average Bonchev–Trinajstić information content (AvgIpc) is 2.14. The normalized spacial score (nSPS) is 11.3. The van der Waals surface area contributed by atoms with Gasteiger partial charge in [0.15, 0.2) is 0 Å². The van der Waals surface area contributed by atoms with Crippen LogP contribution in [-0.2, 0) is 0 Å². The van der Waals surface area contributed by atoms with Crippen LogP contribution in [0.2, 0.25) is 0 Å². The molecule has 4 nitrogen and oxygen atoms in total. The van der Waals surface area contributed by atoms with Crippen LogP contribution in [0.3, 0.4) is 0 Å². The second-order valence-electron chi connectivity index (χ2n) is 4.72. The van der Waals surface area contributed by atoms with E-state index in [2.05, 4.69) is 4.98 Å². The number of amides is 1. The fourth-order valence-corrected chi connectivity index (χ4v) is 1.54. The lowest BCUT2D eigenvalue weighted by atomic mass is 10.1. The predicted octanol–water partition coefficient (Wildman–Crippen LogP) is 1.23. The van der Waals surface area contributed by atoms with Crippen molar-refractivity contribution < 1.29 is 9.90 Å². The minimum absolute atomic E-state index is 0.127. The third-order valence-electron chi connectivity index (χ3n) is 2.09. The maximum Gasteiger partial charge on any atom is 0.255 e. The Kier molecular flexibility index (Phi) is 3.65. The number of aromatic nitrogens is 1. The van der Waals surface area contributed by atoms with Crippen LogP contribution in [-0.4, -0.2) is 40.1 Å². The Morgan fingerprint density at radius 1 is 1.50 bits per heavy atom. The van der Waals surface area contributed by atoms with E-state index in [4.69, 9.17) is 0 Å². The summed E-state index contributed by atoms with van der Waals surface area (Å²) >= 11 is 0. The molecule has 0 aliphatic carbocycles. The van der Waals surface area contributed by atoms with Gasteiger partial charge in [0, 0.05) is 26.0 Å². The summed E-state index contributed by atoms with van der Waals surface area (Å²) in [5, 5.41) is 9.63. The molecule has 0 aliphatic rings. The first kappa shape index (κ1) is 12.6. The Balaban J connectivity index is 2.78. The molecule has 0 saturated carbocycles. The van der Waals surface area contributed by atoms with E-state index in [1.165, 1.54) is 11.1 Å². The van der Waals surface area contributed by atoms with Gasteiger partial charge in [0.05, 0.1) is 11.2 Å². The molecule has 0 radical (unpaired) electrons. The Hall–Kier alpha value is -1.42. The summed E-state index contributed by atoms with van der Waals surface area (Å²) in [7, 11) is 1.67. The zero-order valence-electron chi connectivity index (χ0n) is 10.2. The zero-order chi connectivity index (χ0) is 12.3. The molecule has 0 unspecified atom stereocenters. The van der Waals surface area contributed by atoms with Crippen molar-refractivity contribution in [2.75, 3.05) is 13.6 Å². The highest BCUT2D eigenvalue weighted by atomic mass is 16.3. The molecule has 0 atom stereocenters. The maximum atomic E-state index is 11.9. The van der Waals surface area contributed by atoms with Crippen molar-refractivity contribution >= 4 is 5.91 Å². The lowest BCUT2D eigenvalue weighted by molar-refractivity contribution is 0.0367. The number of hydrogen-bond acceptors (Lipinski definition) is 3. The molecule has 0 aromatic carbocycles. The van der Waals surface area contributed by atoms with Crippen molar-refractivity contribution in [3.05, 3.63) is 29.6 Å². The molecule has 0 fully saturated rings. The maximum absolute atomic E-state index is 11.9. The van der Waals surface area contributed by atoms with Crippen LogP contribution >= 0.6 is 0 Å². The van der Waals surface area contributed by atoms with E-state index in [0.717, 1.165) is 5.56 Å². The fraction of sp³-hybridized carbons (Fsp3) is 0.500. The molecule has 1 rings (SSSR count). The quantitative estimate of drug-likeness (QED) is 0.837. The number of aryl methyl sites for hydroxylation is 1. The number of carbonyl (C=O) groups excluding carboxylic acids is 1. The van der Waals surface area contributed by atoms with E-state index in [0.29, 0.717) is 12.1 Å². The summed E-state index contributed by atoms with van der Waals surface area (Å²) in [6, 6.07) is 1.79. The molecule has 1 amide bonds. The summed E-state index contributed by atoms with van der Waals surface area (Å²) in [5.41, 5.74) is 0.607. The third kappa shape index (κ3) is 3.62. The smallest absolute Gasteiger partial charge is 0.255 e. The van der Waals surface area contributed by atoms with Gasteiger partial charge in [0.25, 0.3) is 5.91 Å². The van der Waals surface area contributed by atoms with E-state index in [1.807, 2.05) is 6.92 Å². The number of rotatable bonds is 3. The van der Waals surface area contributed by atoms with Gasteiger partial charge in [-0.25, -0.2) is 0 Å². The molecule has 88 valence electrons. The van der Waals surface area contributed by atoms with E-state index in [-0.39, 0.29) is 5.91 Å². The highest BCUT2D eigenvalue weighted by Gasteiger charge is 2.20. The van der Waals surface area contributed by atoms with Crippen molar-refractivity contribution in [2.24, 2.45) is 0 Å². The second kappa shape index (κ2) is 4.61. The van der Waals surface area contributed by atoms with Gasteiger partial charge >= 0.3 is 0 Å². The Morgan fingerprint density at radius 3 is 2.62 bits per heavy atom. The van der Waals surface area contributed by atoms with E-state index in [1.54, 1.807) is 33.2 Å². The average molecular weight is 222 g/mol. The van der Waals surface area contributed by atoms with Crippen LogP contribution in [0.4, 0.5) is 0 Å². The molecule has 1 aromatic heterocycles. The molecule has 0 spiro atoms. The standard InChI is InChI=1S/C12H18N2O2/c1-9-5-10(7-13-6-9)11(15)14(4)8-12(2,3)16/h5-7,16H,8H2,1-4H3. The monoisotopic (exact) mass is 222 g/mol. The van der Waals surface area contributed by atoms with Crippen LogP contribution in [0.5, 0.6) is 0 Å². The van der Waals surface area contributed by atoms with Crippen molar-refractivity contribution in [3.8, 4) is 0 Å². The van der Waals surface area contributed by atoms with Gasteiger partial charge in [0.1, 0.15) is 0 Å². The number of carbonyl (C=O) groups is 1. The molecule has 0 aliphatic heterocycles. The van der Waals surface area contributed by atoms with Gasteiger partial charge in [0.2, 0.25) is 0 Å². The Bertz CT molecular complexity index is 383. The van der Waals surface area contributed by atoms with E-state index >= 15 is 0 Å². The van der Waals surface area contributed by atoms with Gasteiger partial charge < -0.3 is 10.0 Å². The van der Waals surface area contributed by atoms with Gasteiger partial charge in [-0.3, -0.25) is 9.78 Å². The number of pyridine rings is 1. The minimum atomic E-state index is -0.887. The first-order chi connectivity index (χ1) is 7.29. The minimum Gasteiger partial charge on any atom is -0.389 e. The van der Waals surface area contributed by atoms with Crippen LogP contribution in [0.15, 0.2) is 18.5 Å². The highest BCUT2D eigenvalue weighted by Crippen LogP contribution is 2.08. The summed E-state index contributed by atoms with van der Waals surface area (Å²) in [4.78, 5) is 17.4. The summed E-state index contributed by atoms with van der Waals surface area (Å²) in [6.45, 7) is 5.52. The van der Waals surface area contributed by atoms with Crippen LogP contribution in [0, 0.1) is 6.92 Å².